The minimum absolute atomic E-state index is 0.00353. The fraction of sp³-hybridized carbons (Fsp3) is 0.389. The van der Waals surface area contributed by atoms with Gasteiger partial charge in [0.05, 0.1) is 11.7 Å². The Kier molecular flexibility index (Phi) is 5.05. The molecular weight excluding hydrogens is 304 g/mol. The van der Waals surface area contributed by atoms with E-state index < -0.39 is 0 Å². The van der Waals surface area contributed by atoms with Gasteiger partial charge in [0.1, 0.15) is 18.2 Å². The maximum Gasteiger partial charge on any atom is 0.249 e. The van der Waals surface area contributed by atoms with E-state index in [9.17, 15) is 4.79 Å². The van der Waals surface area contributed by atoms with Gasteiger partial charge in [-0.15, -0.1) is 0 Å². The summed E-state index contributed by atoms with van der Waals surface area (Å²) in [5.74, 6) is 1.49. The van der Waals surface area contributed by atoms with E-state index in [1.807, 2.05) is 36.1 Å². The number of ether oxygens (including phenoxy) is 1. The maximum absolute atomic E-state index is 12.0. The molecule has 6 nitrogen and oxygen atoms in total. The van der Waals surface area contributed by atoms with E-state index in [0.717, 1.165) is 24.5 Å². The third kappa shape index (κ3) is 3.71. The van der Waals surface area contributed by atoms with Crippen LogP contribution in [0, 0.1) is 6.92 Å². The Hall–Kier alpha value is -2.47. The van der Waals surface area contributed by atoms with Crippen LogP contribution >= 0.6 is 0 Å². The number of nitrogens with one attached hydrogen (secondary N) is 1. The van der Waals surface area contributed by atoms with Crippen LogP contribution in [0.25, 0.3) is 0 Å². The predicted octanol–water partition coefficient (Wildman–Crippen LogP) is 2.32. The highest BCUT2D eigenvalue weighted by atomic mass is 16.5. The Bertz CT molecular complexity index is 705. The number of hydrogen-bond acceptors (Lipinski definition) is 5. The molecule has 1 aromatic heterocycles. The topological polar surface area (TPSA) is 67.3 Å². The Labute approximate surface area is 141 Å². The van der Waals surface area contributed by atoms with Crippen molar-refractivity contribution in [3.63, 3.8) is 0 Å². The van der Waals surface area contributed by atoms with Crippen LogP contribution in [-0.4, -0.2) is 41.0 Å². The first-order chi connectivity index (χ1) is 11.7. The summed E-state index contributed by atoms with van der Waals surface area (Å²) < 4.78 is 4.94. The molecule has 1 N–H and O–H groups in total. The summed E-state index contributed by atoms with van der Waals surface area (Å²) in [6, 6.07) is 12.1. The molecule has 1 saturated heterocycles. The Morgan fingerprint density at radius 2 is 2.12 bits per heavy atom. The average molecular weight is 326 g/mol. The fourth-order valence-electron chi connectivity index (χ4n) is 2.84. The predicted molar refractivity (Wildman–Crippen MR) is 91.5 cm³/mol. The first-order valence-corrected chi connectivity index (χ1v) is 8.09. The first kappa shape index (κ1) is 16.4. The maximum atomic E-state index is 12.0. The lowest BCUT2D eigenvalue weighted by Gasteiger charge is -2.40. The van der Waals surface area contributed by atoms with Crippen molar-refractivity contribution in [1.29, 1.82) is 0 Å². The van der Waals surface area contributed by atoms with Crippen molar-refractivity contribution in [2.45, 2.75) is 25.9 Å². The summed E-state index contributed by atoms with van der Waals surface area (Å²) >= 11 is 0. The third-order valence-electron chi connectivity index (χ3n) is 4.12. The highest BCUT2D eigenvalue weighted by Crippen LogP contribution is 2.33. The van der Waals surface area contributed by atoms with Crippen molar-refractivity contribution in [3.05, 3.63) is 53.5 Å². The van der Waals surface area contributed by atoms with Gasteiger partial charge in [0.25, 0.3) is 0 Å². The van der Waals surface area contributed by atoms with Gasteiger partial charge in [-0.3, -0.25) is 4.79 Å². The number of carbonyl (C=O) groups excluding carboxylic acids is 1. The molecule has 1 fully saturated rings. The number of likely N-dealkylation sites (tertiary alicyclic amines) is 1. The lowest BCUT2D eigenvalue weighted by atomic mass is 9.99. The summed E-state index contributed by atoms with van der Waals surface area (Å²) in [6.07, 6.45) is 0.921. The van der Waals surface area contributed by atoms with Crippen LogP contribution in [0.1, 0.15) is 29.5 Å². The zero-order valence-corrected chi connectivity index (χ0v) is 14.0. The number of methoxy groups -OCH3 is 1. The highest BCUT2D eigenvalue weighted by molar-refractivity contribution is 5.78. The van der Waals surface area contributed by atoms with Crippen LogP contribution in [0.2, 0.25) is 0 Å². The molecule has 24 heavy (non-hydrogen) atoms. The van der Waals surface area contributed by atoms with Gasteiger partial charge in [-0.1, -0.05) is 30.3 Å². The molecule has 6 heteroatoms. The number of hydrogen-bond donors (Lipinski definition) is 1. The lowest BCUT2D eigenvalue weighted by Crippen LogP contribution is -2.47. The molecule has 2 heterocycles. The molecule has 126 valence electrons. The first-order valence-electron chi connectivity index (χ1n) is 8.09. The molecule has 0 bridgehead atoms. The molecule has 0 aliphatic carbocycles. The average Bonchev–Trinajstić information content (AvgIpc) is 2.53. The molecule has 0 radical (unpaired) electrons. The van der Waals surface area contributed by atoms with Gasteiger partial charge < -0.3 is 15.0 Å². The Balaban J connectivity index is 1.71. The monoisotopic (exact) mass is 326 g/mol. The summed E-state index contributed by atoms with van der Waals surface area (Å²) in [6.45, 7) is 3.44. The van der Waals surface area contributed by atoms with Crippen molar-refractivity contribution in [1.82, 2.24) is 14.9 Å². The van der Waals surface area contributed by atoms with Gasteiger partial charge in [0.2, 0.25) is 5.91 Å². The van der Waals surface area contributed by atoms with E-state index >= 15 is 0 Å². The zero-order chi connectivity index (χ0) is 16.9. The van der Waals surface area contributed by atoms with Gasteiger partial charge in [0, 0.05) is 26.3 Å². The summed E-state index contributed by atoms with van der Waals surface area (Å²) in [4.78, 5) is 22.8. The Morgan fingerprint density at radius 3 is 2.79 bits per heavy atom. The van der Waals surface area contributed by atoms with Crippen molar-refractivity contribution in [3.8, 4) is 0 Å². The second-order valence-corrected chi connectivity index (χ2v) is 5.89. The number of anilines is 1. The van der Waals surface area contributed by atoms with Crippen LogP contribution in [0.4, 0.5) is 5.82 Å². The smallest absolute Gasteiger partial charge is 0.249 e. The van der Waals surface area contributed by atoms with Crippen molar-refractivity contribution < 1.29 is 9.53 Å². The lowest BCUT2D eigenvalue weighted by molar-refractivity contribution is -0.143. The van der Waals surface area contributed by atoms with Crippen LogP contribution in [0.5, 0.6) is 0 Å². The number of benzene rings is 1. The molecule has 0 saturated carbocycles. The van der Waals surface area contributed by atoms with Crippen molar-refractivity contribution >= 4 is 11.7 Å². The normalized spacial score (nSPS) is 16.6. The van der Waals surface area contributed by atoms with Crippen LogP contribution in [0.3, 0.4) is 0 Å². The SMILES string of the molecule is COCC(=O)N1CC[C@@H]1c1cc(NCc2ccccc2)nc(C)n1. The molecule has 2 aromatic rings. The molecule has 0 spiro atoms. The van der Waals surface area contributed by atoms with E-state index in [4.69, 9.17) is 4.74 Å². The summed E-state index contributed by atoms with van der Waals surface area (Å²) in [7, 11) is 1.53. The van der Waals surface area contributed by atoms with Gasteiger partial charge in [-0.05, 0) is 18.9 Å². The summed E-state index contributed by atoms with van der Waals surface area (Å²) in [5.41, 5.74) is 2.07. The number of nitrogens with zero attached hydrogens (tertiary/aromatic N) is 3. The zero-order valence-electron chi connectivity index (χ0n) is 14.0. The number of rotatable bonds is 6. The second kappa shape index (κ2) is 7.40. The minimum atomic E-state index is 0.00353. The number of amides is 1. The standard InChI is InChI=1S/C18H22N4O2/c1-13-20-15(16-8-9-22(16)18(23)12-24-2)10-17(21-13)19-11-14-6-4-3-5-7-14/h3-7,10,16H,8-9,11-12H2,1-2H3,(H,19,20,21)/t16-/m1/s1. The number of aromatic nitrogens is 2. The highest BCUT2D eigenvalue weighted by Gasteiger charge is 2.34. The number of aryl methyl sites for hydroxylation is 1. The van der Waals surface area contributed by atoms with Gasteiger partial charge in [-0.2, -0.15) is 0 Å². The van der Waals surface area contributed by atoms with Crippen LogP contribution < -0.4 is 5.32 Å². The van der Waals surface area contributed by atoms with E-state index in [1.165, 1.54) is 12.7 Å². The fourth-order valence-corrected chi connectivity index (χ4v) is 2.84. The Morgan fingerprint density at radius 1 is 1.33 bits per heavy atom. The van der Waals surface area contributed by atoms with Gasteiger partial charge in [-0.25, -0.2) is 9.97 Å². The van der Waals surface area contributed by atoms with E-state index in [-0.39, 0.29) is 18.6 Å². The molecule has 1 aliphatic rings. The number of carbonyl (C=O) groups is 1. The quantitative estimate of drug-likeness (QED) is 0.882. The third-order valence-corrected chi connectivity index (χ3v) is 4.12. The molecular formula is C18H22N4O2. The minimum Gasteiger partial charge on any atom is -0.375 e. The molecule has 1 aliphatic heterocycles. The van der Waals surface area contributed by atoms with E-state index in [1.54, 1.807) is 0 Å². The largest absolute Gasteiger partial charge is 0.375 e. The molecule has 1 amide bonds. The molecule has 1 atom stereocenters. The second-order valence-electron chi connectivity index (χ2n) is 5.89. The van der Waals surface area contributed by atoms with E-state index in [0.29, 0.717) is 12.4 Å². The van der Waals surface area contributed by atoms with Crippen LogP contribution in [-0.2, 0) is 16.1 Å². The molecule has 3 rings (SSSR count). The van der Waals surface area contributed by atoms with Gasteiger partial charge in [0.15, 0.2) is 0 Å². The van der Waals surface area contributed by atoms with Crippen molar-refractivity contribution in [2.24, 2.45) is 0 Å². The molecule has 1 aromatic carbocycles. The van der Waals surface area contributed by atoms with Gasteiger partial charge >= 0.3 is 0 Å². The summed E-state index contributed by atoms with van der Waals surface area (Å²) in [5, 5.41) is 3.34. The van der Waals surface area contributed by atoms with E-state index in [2.05, 4.69) is 27.4 Å². The van der Waals surface area contributed by atoms with Crippen LogP contribution in [0.15, 0.2) is 36.4 Å². The van der Waals surface area contributed by atoms with Crippen molar-refractivity contribution in [2.75, 3.05) is 25.6 Å². The molecule has 0 unspecified atom stereocenters.